The zero-order valence-electron chi connectivity index (χ0n) is 17.7. The van der Waals surface area contributed by atoms with Crippen molar-refractivity contribution in [1.82, 2.24) is 15.0 Å². The number of aromatic nitrogens is 3. The van der Waals surface area contributed by atoms with Gasteiger partial charge >= 0.3 is 0 Å². The van der Waals surface area contributed by atoms with Gasteiger partial charge in [-0.25, -0.2) is 18.4 Å². The second-order valence-corrected chi connectivity index (χ2v) is 10.9. The molecule has 5 aromatic rings. The van der Waals surface area contributed by atoms with E-state index in [1.54, 1.807) is 12.1 Å². The fraction of sp³-hybridized carbons (Fsp3) is 0.0435. The molecule has 0 aliphatic carbocycles. The summed E-state index contributed by atoms with van der Waals surface area (Å²) in [5.41, 5.74) is 2.69. The van der Waals surface area contributed by atoms with Crippen LogP contribution in [0.4, 0.5) is 10.8 Å². The summed E-state index contributed by atoms with van der Waals surface area (Å²) in [6, 6.07) is 15.7. The van der Waals surface area contributed by atoms with Gasteiger partial charge in [-0.15, -0.1) is 22.7 Å². The molecule has 34 heavy (non-hydrogen) atoms. The number of aryl methyl sites for hydroxylation is 1. The largest absolute Gasteiger partial charge is 0.298 e. The predicted molar refractivity (Wildman–Crippen MR) is 135 cm³/mol. The van der Waals surface area contributed by atoms with E-state index in [0.29, 0.717) is 10.8 Å². The Bertz CT molecular complexity index is 1580. The summed E-state index contributed by atoms with van der Waals surface area (Å²) in [4.78, 5) is 26.1. The van der Waals surface area contributed by atoms with Crippen molar-refractivity contribution in [2.24, 2.45) is 0 Å². The molecule has 0 radical (unpaired) electrons. The second-order valence-electron chi connectivity index (χ2n) is 7.32. The number of para-hydroxylation sites is 1. The highest BCUT2D eigenvalue weighted by molar-refractivity contribution is 7.92. The third kappa shape index (κ3) is 4.53. The van der Waals surface area contributed by atoms with Gasteiger partial charge in [-0.3, -0.25) is 19.8 Å². The summed E-state index contributed by atoms with van der Waals surface area (Å²) in [5, 5.41) is 5.69. The first-order chi connectivity index (χ1) is 16.4. The summed E-state index contributed by atoms with van der Waals surface area (Å²) >= 11 is 2.79. The standard InChI is InChI=1S/C23H17N5O3S3/c1-14-6-8-15(9-7-14)34(30,31)28-18-12-24-11-10-16(18)21(29)27-23-26-19(13-32-23)22-25-17-4-2-3-5-20(17)33-22/h2-13,28H,1H3,(H,26,27,29). The van der Waals surface area contributed by atoms with E-state index in [4.69, 9.17) is 0 Å². The average molecular weight is 508 g/mol. The zero-order chi connectivity index (χ0) is 23.7. The van der Waals surface area contributed by atoms with Crippen molar-refractivity contribution in [3.63, 3.8) is 0 Å². The summed E-state index contributed by atoms with van der Waals surface area (Å²) in [7, 11) is -3.89. The number of thiazole rings is 2. The van der Waals surface area contributed by atoms with Crippen LogP contribution in [0, 0.1) is 6.92 Å². The van der Waals surface area contributed by atoms with Crippen LogP contribution in [-0.4, -0.2) is 29.3 Å². The van der Waals surface area contributed by atoms with E-state index in [9.17, 15) is 13.2 Å². The fourth-order valence-corrected chi connectivity index (χ4v) is 5.93. The van der Waals surface area contributed by atoms with Crippen molar-refractivity contribution in [2.75, 3.05) is 10.0 Å². The number of carbonyl (C=O) groups is 1. The van der Waals surface area contributed by atoms with E-state index in [1.807, 2.05) is 36.6 Å². The molecule has 8 nitrogen and oxygen atoms in total. The van der Waals surface area contributed by atoms with Gasteiger partial charge in [0.15, 0.2) is 5.13 Å². The van der Waals surface area contributed by atoms with E-state index >= 15 is 0 Å². The maximum Gasteiger partial charge on any atom is 0.261 e. The molecule has 2 N–H and O–H groups in total. The van der Waals surface area contributed by atoms with Crippen molar-refractivity contribution >= 4 is 59.6 Å². The van der Waals surface area contributed by atoms with Gasteiger partial charge in [0.25, 0.3) is 15.9 Å². The molecule has 11 heteroatoms. The summed E-state index contributed by atoms with van der Waals surface area (Å²) in [6.45, 7) is 1.87. The Balaban J connectivity index is 1.36. The summed E-state index contributed by atoms with van der Waals surface area (Å²) in [6.07, 6.45) is 2.72. The van der Waals surface area contributed by atoms with Crippen molar-refractivity contribution in [1.29, 1.82) is 0 Å². The van der Waals surface area contributed by atoms with Crippen molar-refractivity contribution in [2.45, 2.75) is 11.8 Å². The van der Waals surface area contributed by atoms with Crippen molar-refractivity contribution in [3.8, 4) is 10.7 Å². The Morgan fingerprint density at radius 3 is 2.59 bits per heavy atom. The number of rotatable bonds is 6. The Kier molecular flexibility index (Phi) is 5.82. The molecule has 0 saturated heterocycles. The highest BCUT2D eigenvalue weighted by Crippen LogP contribution is 2.32. The second kappa shape index (κ2) is 8.93. The smallest absolute Gasteiger partial charge is 0.261 e. The maximum atomic E-state index is 13.0. The number of amides is 1. The van der Waals surface area contributed by atoms with E-state index in [2.05, 4.69) is 25.0 Å². The number of pyridine rings is 1. The SMILES string of the molecule is Cc1ccc(S(=O)(=O)Nc2cnccc2C(=O)Nc2nc(-c3nc4ccccc4s3)cs2)cc1. The first-order valence-electron chi connectivity index (χ1n) is 10.1. The lowest BCUT2D eigenvalue weighted by Gasteiger charge is -2.12. The number of hydrogen-bond acceptors (Lipinski definition) is 8. The lowest BCUT2D eigenvalue weighted by atomic mass is 10.2. The fourth-order valence-electron chi connectivity index (χ4n) is 3.17. The molecule has 0 atom stereocenters. The van der Waals surface area contributed by atoms with Gasteiger partial charge in [-0.1, -0.05) is 29.8 Å². The summed E-state index contributed by atoms with van der Waals surface area (Å²) < 4.78 is 29.1. The minimum absolute atomic E-state index is 0.0727. The van der Waals surface area contributed by atoms with E-state index in [1.165, 1.54) is 53.3 Å². The van der Waals surface area contributed by atoms with Gasteiger partial charge in [0, 0.05) is 11.6 Å². The van der Waals surface area contributed by atoms with Gasteiger partial charge < -0.3 is 0 Å². The monoisotopic (exact) mass is 507 g/mol. The number of nitrogens with one attached hydrogen (secondary N) is 2. The molecule has 0 bridgehead atoms. The Hall–Kier alpha value is -3.67. The van der Waals surface area contributed by atoms with E-state index < -0.39 is 15.9 Å². The molecule has 3 heterocycles. The number of fused-ring (bicyclic) bond motifs is 1. The van der Waals surface area contributed by atoms with Crippen LogP contribution in [0.1, 0.15) is 15.9 Å². The molecule has 0 aliphatic heterocycles. The van der Waals surface area contributed by atoms with Crippen LogP contribution in [0.15, 0.2) is 77.3 Å². The van der Waals surface area contributed by atoms with Gasteiger partial charge in [0.05, 0.1) is 32.6 Å². The Morgan fingerprint density at radius 1 is 1.00 bits per heavy atom. The van der Waals surface area contributed by atoms with Crippen LogP contribution >= 0.6 is 22.7 Å². The normalized spacial score (nSPS) is 11.4. The van der Waals surface area contributed by atoms with Crippen LogP contribution < -0.4 is 10.0 Å². The highest BCUT2D eigenvalue weighted by atomic mass is 32.2. The summed E-state index contributed by atoms with van der Waals surface area (Å²) in [5.74, 6) is -0.505. The van der Waals surface area contributed by atoms with Crippen LogP contribution in [-0.2, 0) is 10.0 Å². The van der Waals surface area contributed by atoms with Gasteiger partial charge in [-0.05, 0) is 37.3 Å². The quantitative estimate of drug-likeness (QED) is 0.327. The number of hydrogen-bond donors (Lipinski definition) is 2. The minimum atomic E-state index is -3.89. The molecule has 3 aromatic heterocycles. The van der Waals surface area contributed by atoms with Crippen LogP contribution in [0.5, 0.6) is 0 Å². The molecule has 0 saturated carbocycles. The molecule has 2 aromatic carbocycles. The number of nitrogens with zero attached hydrogens (tertiary/aromatic N) is 3. The lowest BCUT2D eigenvalue weighted by Crippen LogP contribution is -2.19. The van der Waals surface area contributed by atoms with Crippen LogP contribution in [0.3, 0.4) is 0 Å². The third-order valence-corrected chi connectivity index (χ3v) is 8.08. The first-order valence-corrected chi connectivity index (χ1v) is 13.2. The lowest BCUT2D eigenvalue weighted by molar-refractivity contribution is 0.102. The molecule has 0 fully saturated rings. The van der Waals surface area contributed by atoms with Gasteiger partial charge in [-0.2, -0.15) is 0 Å². The molecular formula is C23H17N5O3S3. The van der Waals surface area contributed by atoms with E-state index in [-0.39, 0.29) is 16.1 Å². The zero-order valence-corrected chi connectivity index (χ0v) is 20.2. The minimum Gasteiger partial charge on any atom is -0.298 e. The van der Waals surface area contributed by atoms with Crippen molar-refractivity contribution < 1.29 is 13.2 Å². The van der Waals surface area contributed by atoms with E-state index in [0.717, 1.165) is 20.8 Å². The molecule has 5 rings (SSSR count). The highest BCUT2D eigenvalue weighted by Gasteiger charge is 2.20. The first kappa shape index (κ1) is 22.1. The van der Waals surface area contributed by atoms with Crippen molar-refractivity contribution in [3.05, 3.63) is 83.5 Å². The molecule has 0 unspecified atom stereocenters. The Labute approximate surface area is 203 Å². The topological polar surface area (TPSA) is 114 Å². The molecule has 1 amide bonds. The molecule has 170 valence electrons. The van der Waals surface area contributed by atoms with Crippen LogP contribution in [0.2, 0.25) is 0 Å². The molecule has 0 aliphatic rings. The molecule has 0 spiro atoms. The predicted octanol–water partition coefficient (Wildman–Crippen LogP) is 5.18. The maximum absolute atomic E-state index is 13.0. The molecular weight excluding hydrogens is 490 g/mol. The van der Waals surface area contributed by atoms with Crippen LogP contribution in [0.25, 0.3) is 20.9 Å². The Morgan fingerprint density at radius 2 is 1.79 bits per heavy atom. The van der Waals surface area contributed by atoms with Gasteiger partial charge in [0.2, 0.25) is 0 Å². The number of carbonyl (C=O) groups excluding carboxylic acids is 1. The number of benzene rings is 2. The number of sulfonamides is 1. The number of anilines is 2. The van der Waals surface area contributed by atoms with Gasteiger partial charge in [0.1, 0.15) is 10.7 Å². The average Bonchev–Trinajstić information content (AvgIpc) is 3.46. The third-order valence-electron chi connectivity index (χ3n) is 4.88.